The Hall–Kier alpha value is -1.38. The van der Waals surface area contributed by atoms with Crippen LogP contribution in [0.1, 0.15) is 29.9 Å². The summed E-state index contributed by atoms with van der Waals surface area (Å²) in [6, 6.07) is 15.2. The summed E-state index contributed by atoms with van der Waals surface area (Å²) in [7, 11) is 0. The molecule has 0 unspecified atom stereocenters. The standard InChI is InChI=1S/C17H17ClFN/c18-14-7-4-8-15(19)16(14)17(11-20)9-13(10-17)12-5-2-1-3-6-12/h1-8,13H,9-11,20H2. The molecule has 0 amide bonds. The van der Waals surface area contributed by atoms with Gasteiger partial charge in [0.15, 0.2) is 0 Å². The van der Waals surface area contributed by atoms with E-state index in [1.165, 1.54) is 11.6 Å². The second kappa shape index (κ2) is 5.19. The molecule has 0 atom stereocenters. The van der Waals surface area contributed by atoms with Crippen molar-refractivity contribution >= 4 is 11.6 Å². The first kappa shape index (κ1) is 13.6. The van der Waals surface area contributed by atoms with E-state index in [2.05, 4.69) is 12.1 Å². The van der Waals surface area contributed by atoms with E-state index in [9.17, 15) is 4.39 Å². The second-order valence-electron chi connectivity index (χ2n) is 5.60. The Balaban J connectivity index is 1.90. The van der Waals surface area contributed by atoms with Gasteiger partial charge in [-0.3, -0.25) is 0 Å². The fourth-order valence-electron chi connectivity index (χ4n) is 3.32. The van der Waals surface area contributed by atoms with Crippen LogP contribution >= 0.6 is 11.6 Å². The molecule has 0 spiro atoms. The zero-order chi connectivity index (χ0) is 14.2. The van der Waals surface area contributed by atoms with Gasteiger partial charge in [-0.05, 0) is 36.5 Å². The number of benzene rings is 2. The van der Waals surface area contributed by atoms with Crippen molar-refractivity contribution in [3.63, 3.8) is 0 Å². The monoisotopic (exact) mass is 289 g/mol. The van der Waals surface area contributed by atoms with E-state index in [4.69, 9.17) is 17.3 Å². The summed E-state index contributed by atoms with van der Waals surface area (Å²) < 4.78 is 14.1. The van der Waals surface area contributed by atoms with Crippen molar-refractivity contribution in [2.75, 3.05) is 6.54 Å². The molecule has 1 aliphatic carbocycles. The van der Waals surface area contributed by atoms with Crippen molar-refractivity contribution in [1.29, 1.82) is 0 Å². The third-order valence-corrected chi connectivity index (χ3v) is 4.74. The average molecular weight is 290 g/mol. The molecule has 20 heavy (non-hydrogen) atoms. The highest BCUT2D eigenvalue weighted by molar-refractivity contribution is 6.31. The predicted molar refractivity (Wildman–Crippen MR) is 80.6 cm³/mol. The number of halogens is 2. The summed E-state index contributed by atoms with van der Waals surface area (Å²) in [5.74, 6) is 0.199. The topological polar surface area (TPSA) is 26.0 Å². The second-order valence-corrected chi connectivity index (χ2v) is 6.00. The lowest BCUT2D eigenvalue weighted by Gasteiger charge is -2.48. The van der Waals surface area contributed by atoms with Gasteiger partial charge in [-0.15, -0.1) is 0 Å². The van der Waals surface area contributed by atoms with Crippen LogP contribution in [0.25, 0.3) is 0 Å². The van der Waals surface area contributed by atoms with Crippen molar-refractivity contribution in [2.24, 2.45) is 5.73 Å². The molecule has 0 bridgehead atoms. The van der Waals surface area contributed by atoms with Crippen LogP contribution in [0.2, 0.25) is 5.02 Å². The lowest BCUT2D eigenvalue weighted by Crippen LogP contribution is -2.46. The van der Waals surface area contributed by atoms with E-state index in [0.29, 0.717) is 23.0 Å². The molecular formula is C17H17ClFN. The molecule has 104 valence electrons. The molecule has 2 N–H and O–H groups in total. The zero-order valence-electron chi connectivity index (χ0n) is 11.2. The summed E-state index contributed by atoms with van der Waals surface area (Å²) in [6.45, 7) is 0.428. The van der Waals surface area contributed by atoms with Crippen molar-refractivity contribution in [2.45, 2.75) is 24.2 Å². The number of rotatable bonds is 3. The zero-order valence-corrected chi connectivity index (χ0v) is 11.9. The Morgan fingerprint density at radius 2 is 1.80 bits per heavy atom. The number of hydrogen-bond donors (Lipinski definition) is 1. The van der Waals surface area contributed by atoms with Crippen LogP contribution in [0.5, 0.6) is 0 Å². The van der Waals surface area contributed by atoms with Crippen LogP contribution < -0.4 is 5.73 Å². The van der Waals surface area contributed by atoms with Crippen LogP contribution in [0.15, 0.2) is 48.5 Å². The molecule has 0 aliphatic heterocycles. The maximum absolute atomic E-state index is 14.1. The van der Waals surface area contributed by atoms with Gasteiger partial charge in [0.05, 0.1) is 0 Å². The molecule has 0 radical (unpaired) electrons. The lowest BCUT2D eigenvalue weighted by molar-refractivity contribution is 0.203. The predicted octanol–water partition coefficient (Wildman–Crippen LogP) is 4.25. The van der Waals surface area contributed by atoms with Crippen LogP contribution in [0, 0.1) is 5.82 Å². The van der Waals surface area contributed by atoms with E-state index < -0.39 is 0 Å². The van der Waals surface area contributed by atoms with E-state index >= 15 is 0 Å². The molecule has 3 heteroatoms. The molecular weight excluding hydrogens is 273 g/mol. The summed E-state index contributed by atoms with van der Waals surface area (Å²) in [6.07, 6.45) is 1.71. The summed E-state index contributed by atoms with van der Waals surface area (Å²) in [4.78, 5) is 0. The minimum absolute atomic E-state index is 0.241. The Labute approximate surface area is 123 Å². The van der Waals surface area contributed by atoms with Crippen molar-refractivity contribution in [1.82, 2.24) is 0 Å². The minimum atomic E-state index is -0.317. The SMILES string of the molecule is NCC1(c2c(F)cccc2Cl)CC(c2ccccc2)C1. The summed E-state index contributed by atoms with van der Waals surface area (Å²) >= 11 is 6.20. The highest BCUT2D eigenvalue weighted by atomic mass is 35.5. The Bertz CT molecular complexity index is 585. The number of nitrogens with two attached hydrogens (primary N) is 1. The smallest absolute Gasteiger partial charge is 0.128 e. The van der Waals surface area contributed by atoms with Gasteiger partial charge in [0, 0.05) is 22.5 Å². The van der Waals surface area contributed by atoms with Gasteiger partial charge in [0.1, 0.15) is 5.82 Å². The normalized spacial score (nSPS) is 25.2. The first-order chi connectivity index (χ1) is 9.66. The van der Waals surface area contributed by atoms with Gasteiger partial charge in [-0.25, -0.2) is 4.39 Å². The largest absolute Gasteiger partial charge is 0.330 e. The third kappa shape index (κ3) is 2.13. The number of hydrogen-bond acceptors (Lipinski definition) is 1. The van der Waals surface area contributed by atoms with E-state index in [-0.39, 0.29) is 11.2 Å². The van der Waals surface area contributed by atoms with Crippen LogP contribution in [0.4, 0.5) is 4.39 Å². The van der Waals surface area contributed by atoms with Crippen molar-refractivity contribution < 1.29 is 4.39 Å². The van der Waals surface area contributed by atoms with Crippen molar-refractivity contribution in [3.8, 4) is 0 Å². The third-order valence-electron chi connectivity index (χ3n) is 4.43. The van der Waals surface area contributed by atoms with Gasteiger partial charge in [0.25, 0.3) is 0 Å². The van der Waals surface area contributed by atoms with Crippen LogP contribution in [-0.4, -0.2) is 6.54 Å². The lowest BCUT2D eigenvalue weighted by atomic mass is 9.57. The van der Waals surface area contributed by atoms with E-state index in [0.717, 1.165) is 12.8 Å². The van der Waals surface area contributed by atoms with Gasteiger partial charge in [0.2, 0.25) is 0 Å². The van der Waals surface area contributed by atoms with Gasteiger partial charge < -0.3 is 5.73 Å². The Morgan fingerprint density at radius 1 is 1.10 bits per heavy atom. The summed E-state index contributed by atoms with van der Waals surface area (Å²) in [5.41, 5.74) is 7.53. The molecule has 0 heterocycles. The molecule has 3 rings (SSSR count). The van der Waals surface area contributed by atoms with Crippen LogP contribution in [0.3, 0.4) is 0 Å². The molecule has 1 nitrogen and oxygen atoms in total. The Morgan fingerprint density at radius 3 is 2.40 bits per heavy atom. The molecule has 2 aromatic rings. The highest BCUT2D eigenvalue weighted by Gasteiger charge is 2.47. The molecule has 0 aromatic heterocycles. The van der Waals surface area contributed by atoms with Crippen LogP contribution in [-0.2, 0) is 5.41 Å². The first-order valence-corrected chi connectivity index (χ1v) is 7.23. The fourth-order valence-corrected chi connectivity index (χ4v) is 3.69. The quantitative estimate of drug-likeness (QED) is 0.898. The Kier molecular flexibility index (Phi) is 3.53. The molecule has 0 saturated heterocycles. The maximum atomic E-state index is 14.1. The molecule has 1 aliphatic rings. The molecule has 1 saturated carbocycles. The average Bonchev–Trinajstić information content (AvgIpc) is 2.42. The van der Waals surface area contributed by atoms with E-state index in [1.54, 1.807) is 12.1 Å². The highest BCUT2D eigenvalue weighted by Crippen LogP contribution is 2.54. The van der Waals surface area contributed by atoms with Gasteiger partial charge in [-0.1, -0.05) is 48.0 Å². The van der Waals surface area contributed by atoms with Gasteiger partial charge >= 0.3 is 0 Å². The fraction of sp³-hybridized carbons (Fsp3) is 0.294. The first-order valence-electron chi connectivity index (χ1n) is 6.86. The summed E-state index contributed by atoms with van der Waals surface area (Å²) in [5, 5.41) is 0.488. The van der Waals surface area contributed by atoms with Gasteiger partial charge in [-0.2, -0.15) is 0 Å². The maximum Gasteiger partial charge on any atom is 0.128 e. The molecule has 1 fully saturated rings. The molecule has 2 aromatic carbocycles. The minimum Gasteiger partial charge on any atom is -0.330 e. The van der Waals surface area contributed by atoms with E-state index in [1.807, 2.05) is 18.2 Å². The van der Waals surface area contributed by atoms with Crippen molar-refractivity contribution in [3.05, 3.63) is 70.5 Å².